The van der Waals surface area contributed by atoms with Crippen molar-refractivity contribution in [2.24, 2.45) is 0 Å². The second kappa shape index (κ2) is 13.5. The highest BCUT2D eigenvalue weighted by Crippen LogP contribution is 2.41. The van der Waals surface area contributed by atoms with Crippen LogP contribution in [0.3, 0.4) is 0 Å². The van der Waals surface area contributed by atoms with Crippen molar-refractivity contribution in [1.29, 1.82) is 0 Å². The molecular weight excluding hydrogens is 472 g/mol. The third-order valence-corrected chi connectivity index (χ3v) is 8.55. The van der Waals surface area contributed by atoms with Crippen LogP contribution in [0, 0.1) is 13.8 Å². The normalized spacial score (nSPS) is 17.6. The zero-order valence-corrected chi connectivity index (χ0v) is 24.4. The van der Waals surface area contributed by atoms with E-state index in [0.717, 1.165) is 68.2 Å². The number of hydrogen-bond acceptors (Lipinski definition) is 4. The molecule has 1 aliphatic heterocycles. The Balaban J connectivity index is 1.81. The van der Waals surface area contributed by atoms with Gasteiger partial charge in [-0.25, -0.2) is 0 Å². The average molecular weight is 521 g/mol. The summed E-state index contributed by atoms with van der Waals surface area (Å²) in [6.45, 7) is 13.4. The summed E-state index contributed by atoms with van der Waals surface area (Å²) in [7, 11) is 0. The molecule has 1 fully saturated rings. The Hall–Kier alpha value is -2.59. The van der Waals surface area contributed by atoms with Crippen LogP contribution in [-0.2, 0) is 14.9 Å². The maximum Gasteiger partial charge on any atom is 0.306 e. The SMILES string of the molecule is CCCCC[C@](O)(/C=C/c1ccc(C(CC)(CC)c2ccc(OCC3CCC(=O)O3)c(C)c2)cc1C)CC. The molecule has 1 N–H and O–H groups in total. The molecule has 0 bridgehead atoms. The topological polar surface area (TPSA) is 55.8 Å². The highest BCUT2D eigenvalue weighted by Gasteiger charge is 2.32. The van der Waals surface area contributed by atoms with E-state index in [9.17, 15) is 9.90 Å². The third-order valence-electron chi connectivity index (χ3n) is 8.55. The lowest BCUT2D eigenvalue weighted by Gasteiger charge is -2.34. The van der Waals surface area contributed by atoms with Gasteiger partial charge in [0.1, 0.15) is 18.5 Å². The number of ether oxygens (including phenoxy) is 2. The van der Waals surface area contributed by atoms with Crippen LogP contribution in [0.15, 0.2) is 42.5 Å². The van der Waals surface area contributed by atoms with Crippen molar-refractivity contribution in [1.82, 2.24) is 0 Å². The van der Waals surface area contributed by atoms with Crippen molar-refractivity contribution in [3.05, 3.63) is 70.3 Å². The zero-order chi connectivity index (χ0) is 27.8. The highest BCUT2D eigenvalue weighted by atomic mass is 16.6. The minimum Gasteiger partial charge on any atom is -0.489 e. The molecule has 1 saturated heterocycles. The van der Waals surface area contributed by atoms with Gasteiger partial charge in [0.2, 0.25) is 0 Å². The van der Waals surface area contributed by atoms with E-state index >= 15 is 0 Å². The van der Waals surface area contributed by atoms with Crippen molar-refractivity contribution >= 4 is 12.0 Å². The summed E-state index contributed by atoms with van der Waals surface area (Å²) in [6.07, 6.45) is 12.1. The van der Waals surface area contributed by atoms with E-state index in [-0.39, 0.29) is 17.5 Å². The fraction of sp³-hybridized carbons (Fsp3) is 0.559. The maximum atomic E-state index is 11.4. The van der Waals surface area contributed by atoms with Crippen molar-refractivity contribution in [3.8, 4) is 5.75 Å². The fourth-order valence-electron chi connectivity index (χ4n) is 5.69. The van der Waals surface area contributed by atoms with Crippen LogP contribution in [-0.4, -0.2) is 29.4 Å². The lowest BCUT2D eigenvalue weighted by Crippen LogP contribution is -2.26. The molecule has 1 unspecified atom stereocenters. The summed E-state index contributed by atoms with van der Waals surface area (Å²) in [4.78, 5) is 11.4. The Kier molecular flexibility index (Phi) is 10.6. The first-order valence-corrected chi connectivity index (χ1v) is 14.7. The Morgan fingerprint density at radius 3 is 2.21 bits per heavy atom. The summed E-state index contributed by atoms with van der Waals surface area (Å²) in [6, 6.07) is 13.3. The molecule has 0 radical (unpaired) electrons. The van der Waals surface area contributed by atoms with Crippen LogP contribution in [0.5, 0.6) is 5.75 Å². The van der Waals surface area contributed by atoms with Crippen LogP contribution in [0.2, 0.25) is 0 Å². The molecule has 38 heavy (non-hydrogen) atoms. The number of carbonyl (C=O) groups excluding carboxylic acids is 1. The third kappa shape index (κ3) is 7.08. The summed E-state index contributed by atoms with van der Waals surface area (Å²) in [5.41, 5.74) is 5.25. The first-order chi connectivity index (χ1) is 18.2. The minimum absolute atomic E-state index is 0.0957. The van der Waals surface area contributed by atoms with Gasteiger partial charge in [0, 0.05) is 11.8 Å². The van der Waals surface area contributed by atoms with E-state index in [4.69, 9.17) is 9.47 Å². The standard InChI is InChI=1S/C34H48O4/c1-7-11-12-20-33(36,8-2)21-19-27-13-14-28(22-25(27)5)34(9-3,10-4)29-15-17-31(26(6)23-29)37-24-30-16-18-32(35)38-30/h13-15,17,19,21-23,30,36H,7-12,16,18,20,24H2,1-6H3/b21-19+/t30?,33-/m0/s1. The number of esters is 1. The Morgan fingerprint density at radius 2 is 1.66 bits per heavy atom. The van der Waals surface area contributed by atoms with Gasteiger partial charge in [0.15, 0.2) is 0 Å². The van der Waals surface area contributed by atoms with Crippen molar-refractivity contribution in [2.75, 3.05) is 6.61 Å². The van der Waals surface area contributed by atoms with Gasteiger partial charge in [0.05, 0.1) is 5.60 Å². The lowest BCUT2D eigenvalue weighted by atomic mass is 9.70. The number of rotatable bonds is 14. The second-order valence-corrected chi connectivity index (χ2v) is 11.0. The monoisotopic (exact) mass is 520 g/mol. The number of cyclic esters (lactones) is 1. The van der Waals surface area contributed by atoms with Gasteiger partial charge < -0.3 is 14.6 Å². The molecule has 4 nitrogen and oxygen atoms in total. The number of aliphatic hydroxyl groups is 1. The molecule has 1 heterocycles. The highest BCUT2D eigenvalue weighted by molar-refractivity contribution is 5.71. The van der Waals surface area contributed by atoms with E-state index in [1.54, 1.807) is 0 Å². The predicted octanol–water partition coefficient (Wildman–Crippen LogP) is 8.23. The van der Waals surface area contributed by atoms with Crippen LogP contribution in [0.1, 0.15) is 113 Å². The number of benzene rings is 2. The molecule has 1 aliphatic rings. The van der Waals surface area contributed by atoms with Gasteiger partial charge in [-0.05, 0) is 79.8 Å². The molecule has 2 atom stereocenters. The molecule has 2 aromatic carbocycles. The zero-order valence-electron chi connectivity index (χ0n) is 24.4. The Bertz CT molecular complexity index is 1100. The molecular formula is C34H48O4. The van der Waals surface area contributed by atoms with Gasteiger partial charge in [-0.1, -0.05) is 89.4 Å². The molecule has 0 aromatic heterocycles. The Morgan fingerprint density at radius 1 is 0.974 bits per heavy atom. The summed E-state index contributed by atoms with van der Waals surface area (Å²) in [5, 5.41) is 11.0. The van der Waals surface area contributed by atoms with Crippen LogP contribution in [0.4, 0.5) is 0 Å². The molecule has 0 aliphatic carbocycles. The summed E-state index contributed by atoms with van der Waals surface area (Å²) >= 11 is 0. The Labute approximate surface area is 230 Å². The van der Waals surface area contributed by atoms with Crippen LogP contribution in [0.25, 0.3) is 6.08 Å². The first kappa shape index (κ1) is 30.0. The number of hydrogen-bond donors (Lipinski definition) is 1. The van der Waals surface area contributed by atoms with E-state index in [2.05, 4.69) is 84.0 Å². The first-order valence-electron chi connectivity index (χ1n) is 14.7. The van der Waals surface area contributed by atoms with E-state index in [1.807, 2.05) is 6.08 Å². The smallest absolute Gasteiger partial charge is 0.306 e. The minimum atomic E-state index is -0.738. The predicted molar refractivity (Wildman–Crippen MR) is 157 cm³/mol. The van der Waals surface area contributed by atoms with Gasteiger partial charge in [0.25, 0.3) is 0 Å². The van der Waals surface area contributed by atoms with Crippen molar-refractivity contribution < 1.29 is 19.4 Å². The molecule has 2 aromatic rings. The molecule has 0 amide bonds. The summed E-state index contributed by atoms with van der Waals surface area (Å²) < 4.78 is 11.3. The van der Waals surface area contributed by atoms with Gasteiger partial charge in [-0.15, -0.1) is 0 Å². The number of aryl methyl sites for hydroxylation is 2. The molecule has 4 heteroatoms. The second-order valence-electron chi connectivity index (χ2n) is 11.0. The lowest BCUT2D eigenvalue weighted by molar-refractivity contribution is -0.142. The van der Waals surface area contributed by atoms with E-state index in [0.29, 0.717) is 13.0 Å². The molecule has 208 valence electrons. The molecule has 0 spiro atoms. The number of unbranched alkanes of at least 4 members (excludes halogenated alkanes) is 2. The van der Waals surface area contributed by atoms with Gasteiger partial charge in [-0.3, -0.25) is 4.79 Å². The average Bonchev–Trinajstić information content (AvgIpc) is 3.33. The van der Waals surface area contributed by atoms with Crippen molar-refractivity contribution in [3.63, 3.8) is 0 Å². The quantitative estimate of drug-likeness (QED) is 0.201. The number of carbonyl (C=O) groups is 1. The van der Waals surface area contributed by atoms with Crippen LogP contribution < -0.4 is 4.74 Å². The van der Waals surface area contributed by atoms with E-state index < -0.39 is 5.60 Å². The van der Waals surface area contributed by atoms with Gasteiger partial charge in [-0.2, -0.15) is 0 Å². The molecule has 0 saturated carbocycles. The molecule has 3 rings (SSSR count). The fourth-order valence-corrected chi connectivity index (χ4v) is 5.69. The maximum absolute atomic E-state index is 11.4. The van der Waals surface area contributed by atoms with Crippen LogP contribution >= 0.6 is 0 Å². The van der Waals surface area contributed by atoms with Gasteiger partial charge >= 0.3 is 5.97 Å². The van der Waals surface area contributed by atoms with E-state index in [1.165, 1.54) is 16.7 Å². The van der Waals surface area contributed by atoms with Crippen molar-refractivity contribution in [2.45, 2.75) is 116 Å². The largest absolute Gasteiger partial charge is 0.489 e. The summed E-state index contributed by atoms with van der Waals surface area (Å²) in [5.74, 6) is 0.711.